The van der Waals surface area contributed by atoms with Crippen molar-refractivity contribution in [2.75, 3.05) is 6.54 Å². The zero-order valence-corrected chi connectivity index (χ0v) is 15.3. The van der Waals surface area contributed by atoms with Crippen LogP contribution in [0.5, 0.6) is 0 Å². The summed E-state index contributed by atoms with van der Waals surface area (Å²) in [7, 11) is 0. The van der Waals surface area contributed by atoms with E-state index in [1.54, 1.807) is 45.0 Å². The Morgan fingerprint density at radius 2 is 1.77 bits per heavy atom. The molecule has 1 amide bonds. The summed E-state index contributed by atoms with van der Waals surface area (Å²) >= 11 is 0. The van der Waals surface area contributed by atoms with Crippen molar-refractivity contribution in [2.24, 2.45) is 5.73 Å². The molecule has 1 atom stereocenters. The molecular weight excluding hydrogens is 340 g/mol. The maximum absolute atomic E-state index is 12.2. The number of aliphatic carboxylic acids is 1. The predicted octanol–water partition coefficient (Wildman–Crippen LogP) is 1.82. The van der Waals surface area contributed by atoms with Crippen LogP contribution >= 0.6 is 0 Å². The van der Waals surface area contributed by atoms with Crippen LogP contribution in [0.1, 0.15) is 39.2 Å². The first-order chi connectivity index (χ1) is 12.0. The average Bonchev–Trinajstić information content (AvgIpc) is 2.55. The molecule has 0 heterocycles. The lowest BCUT2D eigenvalue weighted by Crippen LogP contribution is -2.56. The van der Waals surface area contributed by atoms with E-state index in [0.717, 1.165) is 5.56 Å². The number of esters is 1. The van der Waals surface area contributed by atoms with Gasteiger partial charge in [-0.25, -0.2) is 14.4 Å². The standard InChI is InChI=1S/C18H26N2O6/c1-17(2,3)26-16(24)20-11-7-10-18(19,14(21)22)15(23)25-12-13-8-5-4-6-9-13/h4-6,8-9H,7,10-12,19H2,1-3H3,(H,20,24)(H,21,22)/t18-/m0/s1. The lowest BCUT2D eigenvalue weighted by molar-refractivity contribution is -0.162. The number of hydrogen-bond acceptors (Lipinski definition) is 6. The quantitative estimate of drug-likeness (QED) is 0.364. The highest BCUT2D eigenvalue weighted by atomic mass is 16.6. The fourth-order valence-electron chi connectivity index (χ4n) is 2.02. The van der Waals surface area contributed by atoms with Crippen LogP contribution in [-0.4, -0.2) is 40.8 Å². The molecule has 0 spiro atoms. The van der Waals surface area contributed by atoms with Gasteiger partial charge in [0.2, 0.25) is 5.54 Å². The number of nitrogens with one attached hydrogen (secondary N) is 1. The first-order valence-electron chi connectivity index (χ1n) is 8.25. The molecule has 0 aliphatic rings. The summed E-state index contributed by atoms with van der Waals surface area (Å²) in [6, 6.07) is 8.86. The monoisotopic (exact) mass is 366 g/mol. The lowest BCUT2D eigenvalue weighted by atomic mass is 9.95. The van der Waals surface area contributed by atoms with E-state index in [-0.39, 0.29) is 26.0 Å². The van der Waals surface area contributed by atoms with E-state index in [2.05, 4.69) is 5.32 Å². The molecule has 0 saturated heterocycles. The summed E-state index contributed by atoms with van der Waals surface area (Å²) in [5.74, 6) is -2.50. The fraction of sp³-hybridized carbons (Fsp3) is 0.500. The molecule has 1 aromatic carbocycles. The number of carboxylic acid groups (broad SMARTS) is 1. The van der Waals surface area contributed by atoms with Gasteiger partial charge in [-0.2, -0.15) is 0 Å². The van der Waals surface area contributed by atoms with E-state index in [1.165, 1.54) is 0 Å². The summed E-state index contributed by atoms with van der Waals surface area (Å²) in [5.41, 5.74) is 3.66. The Kier molecular flexibility index (Phi) is 7.57. The third-order valence-electron chi connectivity index (χ3n) is 3.37. The number of carbonyl (C=O) groups excluding carboxylic acids is 2. The zero-order valence-electron chi connectivity index (χ0n) is 15.3. The smallest absolute Gasteiger partial charge is 0.407 e. The molecule has 0 saturated carbocycles. The van der Waals surface area contributed by atoms with Crippen LogP contribution in [0.2, 0.25) is 0 Å². The van der Waals surface area contributed by atoms with Crippen molar-refractivity contribution < 1.29 is 29.0 Å². The van der Waals surface area contributed by atoms with E-state index in [0.29, 0.717) is 0 Å². The van der Waals surface area contributed by atoms with Crippen molar-refractivity contribution in [3.63, 3.8) is 0 Å². The van der Waals surface area contributed by atoms with Crippen molar-refractivity contribution in [2.45, 2.75) is 51.4 Å². The Balaban J connectivity index is 2.51. The van der Waals surface area contributed by atoms with Crippen LogP contribution < -0.4 is 11.1 Å². The van der Waals surface area contributed by atoms with Crippen molar-refractivity contribution in [3.8, 4) is 0 Å². The van der Waals surface area contributed by atoms with Gasteiger partial charge in [-0.15, -0.1) is 0 Å². The minimum absolute atomic E-state index is 0.0674. The van der Waals surface area contributed by atoms with Gasteiger partial charge in [0.05, 0.1) is 0 Å². The minimum atomic E-state index is -2.18. The maximum Gasteiger partial charge on any atom is 0.407 e. The molecule has 4 N–H and O–H groups in total. The second-order valence-corrected chi connectivity index (χ2v) is 6.87. The van der Waals surface area contributed by atoms with Crippen LogP contribution in [0, 0.1) is 0 Å². The molecule has 144 valence electrons. The lowest BCUT2D eigenvalue weighted by Gasteiger charge is -2.23. The number of rotatable bonds is 8. The second-order valence-electron chi connectivity index (χ2n) is 6.87. The van der Waals surface area contributed by atoms with Gasteiger partial charge in [0.25, 0.3) is 0 Å². The van der Waals surface area contributed by atoms with Crippen molar-refractivity contribution >= 4 is 18.0 Å². The summed E-state index contributed by atoms with van der Waals surface area (Å²) < 4.78 is 10.1. The summed E-state index contributed by atoms with van der Waals surface area (Å²) in [4.78, 5) is 35.1. The summed E-state index contributed by atoms with van der Waals surface area (Å²) in [5, 5.41) is 11.8. The van der Waals surface area contributed by atoms with Gasteiger partial charge in [-0.05, 0) is 39.2 Å². The normalized spacial score (nSPS) is 13.4. The Morgan fingerprint density at radius 3 is 2.31 bits per heavy atom. The zero-order chi connectivity index (χ0) is 19.8. The highest BCUT2D eigenvalue weighted by molar-refractivity contribution is 6.03. The van der Waals surface area contributed by atoms with Crippen LogP contribution in [0.25, 0.3) is 0 Å². The van der Waals surface area contributed by atoms with Gasteiger partial charge < -0.3 is 25.6 Å². The molecule has 0 fully saturated rings. The Hall–Kier alpha value is -2.61. The minimum Gasteiger partial charge on any atom is -0.479 e. The average molecular weight is 366 g/mol. The van der Waals surface area contributed by atoms with Crippen molar-refractivity contribution in [1.82, 2.24) is 5.32 Å². The van der Waals surface area contributed by atoms with Gasteiger partial charge in [0.15, 0.2) is 0 Å². The number of carbonyl (C=O) groups is 3. The number of carboxylic acids is 1. The molecule has 8 heteroatoms. The molecule has 0 aliphatic heterocycles. The summed E-state index contributed by atoms with van der Waals surface area (Å²) in [6.07, 6.45) is -0.643. The highest BCUT2D eigenvalue weighted by Crippen LogP contribution is 2.14. The molecular formula is C18H26N2O6. The topological polar surface area (TPSA) is 128 Å². The molecule has 8 nitrogen and oxygen atoms in total. The molecule has 0 aromatic heterocycles. The van der Waals surface area contributed by atoms with Crippen LogP contribution in [0.4, 0.5) is 4.79 Å². The van der Waals surface area contributed by atoms with E-state index >= 15 is 0 Å². The first-order valence-corrected chi connectivity index (χ1v) is 8.25. The van der Waals surface area contributed by atoms with Crippen molar-refractivity contribution in [3.05, 3.63) is 35.9 Å². The molecule has 1 rings (SSSR count). The Bertz CT molecular complexity index is 626. The molecule has 0 aliphatic carbocycles. The highest BCUT2D eigenvalue weighted by Gasteiger charge is 2.43. The third-order valence-corrected chi connectivity index (χ3v) is 3.37. The number of amides is 1. The van der Waals surface area contributed by atoms with Gasteiger partial charge in [0, 0.05) is 6.54 Å². The predicted molar refractivity (Wildman–Crippen MR) is 94.3 cm³/mol. The van der Waals surface area contributed by atoms with Crippen LogP contribution in [0.3, 0.4) is 0 Å². The van der Waals surface area contributed by atoms with E-state index < -0.39 is 29.2 Å². The SMILES string of the molecule is CC(C)(C)OC(=O)NCCC[C@](N)(C(=O)O)C(=O)OCc1ccccc1. The van der Waals surface area contributed by atoms with E-state index in [9.17, 15) is 19.5 Å². The molecule has 0 unspecified atom stereocenters. The number of benzene rings is 1. The fourth-order valence-corrected chi connectivity index (χ4v) is 2.02. The summed E-state index contributed by atoms with van der Waals surface area (Å²) in [6.45, 7) is 5.23. The molecule has 0 radical (unpaired) electrons. The van der Waals surface area contributed by atoms with Gasteiger partial charge in [0.1, 0.15) is 12.2 Å². The third kappa shape index (κ3) is 7.10. The number of alkyl carbamates (subject to hydrolysis) is 1. The Labute approximate surface area is 152 Å². The van der Waals surface area contributed by atoms with Crippen LogP contribution in [0.15, 0.2) is 30.3 Å². The van der Waals surface area contributed by atoms with Gasteiger partial charge >= 0.3 is 18.0 Å². The maximum atomic E-state index is 12.2. The van der Waals surface area contributed by atoms with Crippen molar-refractivity contribution in [1.29, 1.82) is 0 Å². The van der Waals surface area contributed by atoms with Crippen LogP contribution in [-0.2, 0) is 25.7 Å². The van der Waals surface area contributed by atoms with Gasteiger partial charge in [-0.3, -0.25) is 0 Å². The van der Waals surface area contributed by atoms with Gasteiger partial charge in [-0.1, -0.05) is 30.3 Å². The van der Waals surface area contributed by atoms with E-state index in [4.69, 9.17) is 15.2 Å². The van der Waals surface area contributed by atoms with E-state index in [1.807, 2.05) is 6.07 Å². The molecule has 26 heavy (non-hydrogen) atoms. The number of hydrogen-bond donors (Lipinski definition) is 3. The molecule has 1 aromatic rings. The molecule has 0 bridgehead atoms. The largest absolute Gasteiger partial charge is 0.479 e. The first kappa shape index (κ1) is 21.4. The number of nitrogens with two attached hydrogens (primary N) is 1. The number of ether oxygens (including phenoxy) is 2. The second kappa shape index (κ2) is 9.19. The Morgan fingerprint density at radius 1 is 1.15 bits per heavy atom.